The van der Waals surface area contributed by atoms with Crippen molar-refractivity contribution in [3.8, 4) is 5.75 Å². The van der Waals surface area contributed by atoms with Crippen LogP contribution in [0.1, 0.15) is 91.3 Å². The third-order valence-corrected chi connectivity index (χ3v) is 8.57. The summed E-state index contributed by atoms with van der Waals surface area (Å²) >= 11 is 0. The summed E-state index contributed by atoms with van der Waals surface area (Å²) in [6.45, 7) is 0.641. The van der Waals surface area contributed by atoms with Gasteiger partial charge in [-0.3, -0.25) is 4.79 Å². The monoisotopic (exact) mass is 487 g/mol. The van der Waals surface area contributed by atoms with Gasteiger partial charge >= 0.3 is 5.97 Å². The number of rotatable bonds is 11. The molecule has 5 nitrogen and oxygen atoms in total. The van der Waals surface area contributed by atoms with Crippen molar-refractivity contribution in [1.82, 2.24) is 0 Å². The minimum atomic E-state index is -0.915. The van der Waals surface area contributed by atoms with Crippen molar-refractivity contribution < 1.29 is 19.4 Å². The molecule has 0 radical (unpaired) electrons. The normalized spacial score (nSPS) is 26.4. The molecule has 3 N–H and O–H groups in total. The fraction of sp³-hybridized carbons (Fsp3) is 0.484. The Morgan fingerprint density at radius 1 is 0.889 bits per heavy atom. The number of hydrogen-bond donors (Lipinski definition) is 2. The molecule has 0 unspecified atom stereocenters. The van der Waals surface area contributed by atoms with E-state index in [9.17, 15) is 9.59 Å². The van der Waals surface area contributed by atoms with E-state index in [4.69, 9.17) is 15.6 Å². The second-order valence-electron chi connectivity index (χ2n) is 11.3. The molecular formula is C31H37NO4. The van der Waals surface area contributed by atoms with Crippen molar-refractivity contribution in [1.29, 1.82) is 0 Å². The van der Waals surface area contributed by atoms with Crippen LogP contribution in [0.3, 0.4) is 0 Å². The Kier molecular flexibility index (Phi) is 7.17. The number of ether oxygens (including phenoxy) is 1. The number of unbranched alkanes of at least 4 members (excludes halogenated alkanes) is 2. The Labute approximate surface area is 213 Å². The van der Waals surface area contributed by atoms with Gasteiger partial charge in [0, 0.05) is 12.0 Å². The first-order chi connectivity index (χ1) is 17.4. The molecule has 4 aliphatic rings. The lowest BCUT2D eigenvalue weighted by molar-refractivity contribution is -0.118. The van der Waals surface area contributed by atoms with Crippen LogP contribution < -0.4 is 10.5 Å². The molecule has 0 aliphatic heterocycles. The number of benzene rings is 2. The van der Waals surface area contributed by atoms with E-state index in [1.165, 1.54) is 44.1 Å². The molecule has 0 atom stereocenters. The van der Waals surface area contributed by atoms with Gasteiger partial charge in [-0.05, 0) is 110 Å². The number of amides is 1. The Morgan fingerprint density at radius 2 is 1.50 bits per heavy atom. The summed E-state index contributed by atoms with van der Waals surface area (Å²) in [6, 6.07) is 13.6. The molecule has 4 aliphatic carbocycles. The maximum Gasteiger partial charge on any atom is 0.335 e. The van der Waals surface area contributed by atoms with Gasteiger partial charge in [-0.15, -0.1) is 0 Å². The number of carbonyl (C=O) groups is 2. The zero-order valence-corrected chi connectivity index (χ0v) is 21.0. The molecule has 0 spiro atoms. The van der Waals surface area contributed by atoms with Crippen LogP contribution in [0.15, 0.2) is 42.5 Å². The average Bonchev–Trinajstić information content (AvgIpc) is 2.84. The molecule has 2 aromatic carbocycles. The van der Waals surface area contributed by atoms with Gasteiger partial charge in [-0.25, -0.2) is 4.79 Å². The molecule has 1 amide bonds. The summed E-state index contributed by atoms with van der Waals surface area (Å²) in [5.74, 6) is 2.46. The number of primary amides is 1. The van der Waals surface area contributed by atoms with Crippen molar-refractivity contribution in [3.63, 3.8) is 0 Å². The molecule has 0 heterocycles. The van der Waals surface area contributed by atoms with E-state index in [-0.39, 0.29) is 11.3 Å². The molecule has 0 saturated heterocycles. The van der Waals surface area contributed by atoms with Crippen molar-refractivity contribution >= 4 is 24.0 Å². The number of carboxylic acids is 1. The van der Waals surface area contributed by atoms with Crippen LogP contribution in [0.2, 0.25) is 0 Å². The number of hydrogen-bond acceptors (Lipinski definition) is 3. The molecule has 4 bridgehead atoms. The Morgan fingerprint density at radius 3 is 2.11 bits per heavy atom. The summed E-state index contributed by atoms with van der Waals surface area (Å²) in [5.41, 5.74) is 9.24. The minimum Gasteiger partial charge on any atom is -0.493 e. The van der Waals surface area contributed by atoms with Gasteiger partial charge < -0.3 is 15.6 Å². The second kappa shape index (κ2) is 10.5. The molecule has 190 valence electrons. The van der Waals surface area contributed by atoms with E-state index in [0.717, 1.165) is 53.9 Å². The van der Waals surface area contributed by atoms with Gasteiger partial charge in [-0.2, -0.15) is 0 Å². The SMILES string of the molecule is NC(=O)CCCCCOc1cc(/C=C/c2ccc(C(=O)O)cc2)ccc1C12CC3CC(CC(C3)C1)C2. The van der Waals surface area contributed by atoms with E-state index in [0.29, 0.717) is 18.6 Å². The number of carbonyl (C=O) groups excluding carboxylic acids is 1. The van der Waals surface area contributed by atoms with Crippen LogP contribution in [0.5, 0.6) is 5.75 Å². The predicted octanol–water partition coefficient (Wildman–Crippen LogP) is 6.45. The molecule has 36 heavy (non-hydrogen) atoms. The largest absolute Gasteiger partial charge is 0.493 e. The minimum absolute atomic E-state index is 0.239. The second-order valence-corrected chi connectivity index (χ2v) is 11.3. The van der Waals surface area contributed by atoms with Crippen LogP contribution in [0, 0.1) is 17.8 Å². The average molecular weight is 488 g/mol. The molecule has 5 heteroatoms. The summed E-state index contributed by atoms with van der Waals surface area (Å²) in [5, 5.41) is 9.12. The molecule has 2 aromatic rings. The zero-order chi connectivity index (χ0) is 25.1. The lowest BCUT2D eigenvalue weighted by atomic mass is 9.48. The standard InChI is InChI=1S/C31H37NO4/c32-29(33)4-2-1-3-13-36-28-17-22(6-5-21-7-10-26(11-8-21)30(34)35)9-12-27(28)31-18-23-14-24(19-31)16-25(15-23)20-31/h5-12,17,23-25H,1-4,13-16,18-20H2,(H2,32,33)(H,34,35)/b6-5+. The topological polar surface area (TPSA) is 89.6 Å². The summed E-state index contributed by atoms with van der Waals surface area (Å²) in [4.78, 5) is 22.1. The molecular weight excluding hydrogens is 450 g/mol. The number of nitrogens with two attached hydrogens (primary N) is 1. The van der Waals surface area contributed by atoms with Crippen LogP contribution in [-0.2, 0) is 10.2 Å². The smallest absolute Gasteiger partial charge is 0.335 e. The van der Waals surface area contributed by atoms with Gasteiger partial charge in [0.25, 0.3) is 0 Å². The first-order valence-electron chi connectivity index (χ1n) is 13.5. The Balaban J connectivity index is 1.35. The third-order valence-electron chi connectivity index (χ3n) is 8.57. The summed E-state index contributed by atoms with van der Waals surface area (Å²) in [6.07, 6.45) is 15.3. The highest BCUT2D eigenvalue weighted by molar-refractivity contribution is 5.88. The quantitative estimate of drug-likeness (QED) is 0.282. The summed E-state index contributed by atoms with van der Waals surface area (Å²) in [7, 11) is 0. The zero-order valence-electron chi connectivity index (χ0n) is 21.0. The molecule has 4 fully saturated rings. The molecule has 0 aromatic heterocycles. The lowest BCUT2D eigenvalue weighted by Gasteiger charge is -2.57. The van der Waals surface area contributed by atoms with Crippen molar-refractivity contribution in [3.05, 3.63) is 64.7 Å². The maximum absolute atomic E-state index is 11.1. The van der Waals surface area contributed by atoms with Gasteiger partial charge in [0.05, 0.1) is 12.2 Å². The third kappa shape index (κ3) is 5.50. The fourth-order valence-electron chi connectivity index (χ4n) is 7.33. The van der Waals surface area contributed by atoms with E-state index >= 15 is 0 Å². The first kappa shape index (κ1) is 24.6. The number of aromatic carboxylic acids is 1. The van der Waals surface area contributed by atoms with Crippen LogP contribution >= 0.6 is 0 Å². The Hall–Kier alpha value is -3.08. The highest BCUT2D eigenvalue weighted by Crippen LogP contribution is 2.61. The van der Waals surface area contributed by atoms with Crippen LogP contribution in [0.4, 0.5) is 0 Å². The lowest BCUT2D eigenvalue weighted by Crippen LogP contribution is -2.48. The fourth-order valence-corrected chi connectivity index (χ4v) is 7.33. The van der Waals surface area contributed by atoms with Gasteiger partial charge in [0.2, 0.25) is 5.91 Å². The summed E-state index contributed by atoms with van der Waals surface area (Å²) < 4.78 is 6.45. The van der Waals surface area contributed by atoms with Crippen molar-refractivity contribution in [2.75, 3.05) is 6.61 Å². The number of carboxylic acid groups (broad SMARTS) is 1. The Bertz CT molecular complexity index is 1100. The molecule has 6 rings (SSSR count). The van der Waals surface area contributed by atoms with Gasteiger partial charge in [-0.1, -0.05) is 36.4 Å². The predicted molar refractivity (Wildman–Crippen MR) is 142 cm³/mol. The van der Waals surface area contributed by atoms with Gasteiger partial charge in [0.1, 0.15) is 5.75 Å². The van der Waals surface area contributed by atoms with E-state index in [1.807, 2.05) is 18.2 Å². The van der Waals surface area contributed by atoms with E-state index in [1.54, 1.807) is 12.1 Å². The molecule has 4 saturated carbocycles. The van der Waals surface area contributed by atoms with E-state index < -0.39 is 5.97 Å². The van der Waals surface area contributed by atoms with Crippen molar-refractivity contribution in [2.45, 2.75) is 69.6 Å². The maximum atomic E-state index is 11.1. The van der Waals surface area contributed by atoms with Crippen LogP contribution in [-0.4, -0.2) is 23.6 Å². The highest BCUT2D eigenvalue weighted by atomic mass is 16.5. The first-order valence-corrected chi connectivity index (χ1v) is 13.5. The highest BCUT2D eigenvalue weighted by Gasteiger charge is 2.52. The van der Waals surface area contributed by atoms with Crippen LogP contribution in [0.25, 0.3) is 12.2 Å². The van der Waals surface area contributed by atoms with Gasteiger partial charge in [0.15, 0.2) is 0 Å². The van der Waals surface area contributed by atoms with E-state index in [2.05, 4.69) is 24.3 Å². The van der Waals surface area contributed by atoms with Crippen molar-refractivity contribution in [2.24, 2.45) is 23.5 Å².